The van der Waals surface area contributed by atoms with Crippen LogP contribution in [0.3, 0.4) is 0 Å². The number of carbonyl (C=O) groups is 2. The van der Waals surface area contributed by atoms with Gasteiger partial charge in [0.05, 0.1) is 43.5 Å². The van der Waals surface area contributed by atoms with E-state index in [2.05, 4.69) is 20.7 Å². The number of hydrogen-bond donors (Lipinski definition) is 3. The van der Waals surface area contributed by atoms with E-state index in [1.165, 1.54) is 6.20 Å². The van der Waals surface area contributed by atoms with Crippen LogP contribution in [0.5, 0.6) is 5.75 Å². The number of anilines is 3. The normalized spacial score (nSPS) is 19.2. The summed E-state index contributed by atoms with van der Waals surface area (Å²) in [6, 6.07) is 7.19. The molecule has 0 bridgehead atoms. The molecule has 2 amide bonds. The van der Waals surface area contributed by atoms with Gasteiger partial charge in [0.25, 0.3) is 5.91 Å². The molecule has 1 unspecified atom stereocenters. The Kier molecular flexibility index (Phi) is 6.57. The van der Waals surface area contributed by atoms with E-state index in [-0.39, 0.29) is 29.5 Å². The molecule has 11 nitrogen and oxygen atoms in total. The zero-order valence-electron chi connectivity index (χ0n) is 20.1. The summed E-state index contributed by atoms with van der Waals surface area (Å²) in [7, 11) is 3.24. The third-order valence-electron chi connectivity index (χ3n) is 6.41. The highest BCUT2D eigenvalue weighted by molar-refractivity contribution is 6.01. The second-order valence-corrected chi connectivity index (χ2v) is 8.84. The Balaban J connectivity index is 1.45. The topological polar surface area (TPSA) is 143 Å². The number of nitrogens with two attached hydrogens (primary N) is 1. The summed E-state index contributed by atoms with van der Waals surface area (Å²) in [4.78, 5) is 28.5. The summed E-state index contributed by atoms with van der Waals surface area (Å²) in [6.07, 6.45) is 6.72. The van der Waals surface area contributed by atoms with Crippen LogP contribution in [0, 0.1) is 5.92 Å². The summed E-state index contributed by atoms with van der Waals surface area (Å²) in [6.45, 7) is 1.05. The van der Waals surface area contributed by atoms with E-state index in [0.29, 0.717) is 36.2 Å². The molecular formula is C25H28N6O5. The van der Waals surface area contributed by atoms with Gasteiger partial charge in [-0.15, -0.1) is 0 Å². The van der Waals surface area contributed by atoms with Crippen molar-refractivity contribution in [1.29, 1.82) is 0 Å². The molecule has 1 aliphatic heterocycles. The Morgan fingerprint density at radius 2 is 2.00 bits per heavy atom. The summed E-state index contributed by atoms with van der Waals surface area (Å²) >= 11 is 0. The van der Waals surface area contributed by atoms with Crippen LogP contribution in [0.4, 0.5) is 17.2 Å². The maximum atomic E-state index is 12.2. The van der Waals surface area contributed by atoms with E-state index in [1.54, 1.807) is 26.5 Å². The summed E-state index contributed by atoms with van der Waals surface area (Å²) in [5.74, 6) is 0.181. The molecule has 2 atom stereocenters. The standard InChI is InChI=1S/C25H28N6O5/c1-34-21-13-36-12-20(21)31-11-15(9-28-31)16-4-3-5-18(23(16)35-2)29-19-8-22(27-10-17(19)24(26)32)30-25(33)14-6-7-14/h3-5,8-11,14,20-21H,6-7,12-13H2,1-2H3,(H2,26,32)(H2,27,29,30,33)/t20?,21-/m1/s1. The van der Waals surface area contributed by atoms with Crippen LogP contribution in [0.15, 0.2) is 42.9 Å². The third kappa shape index (κ3) is 4.75. The van der Waals surface area contributed by atoms with Gasteiger partial charge in [0, 0.05) is 42.6 Å². The minimum absolute atomic E-state index is 0.0183. The maximum Gasteiger partial charge on any atom is 0.252 e. The van der Waals surface area contributed by atoms with Crippen molar-refractivity contribution in [1.82, 2.24) is 14.8 Å². The predicted octanol–water partition coefficient (Wildman–Crippen LogP) is 2.73. The average molecular weight is 493 g/mol. The summed E-state index contributed by atoms with van der Waals surface area (Å²) in [5.41, 5.74) is 8.43. The van der Waals surface area contributed by atoms with Gasteiger partial charge in [-0.2, -0.15) is 5.10 Å². The number of primary amides is 1. The molecule has 2 aliphatic rings. The van der Waals surface area contributed by atoms with Crippen molar-refractivity contribution in [2.45, 2.75) is 25.0 Å². The van der Waals surface area contributed by atoms with Gasteiger partial charge in [-0.05, 0) is 18.9 Å². The number of methoxy groups -OCH3 is 2. The molecule has 2 fully saturated rings. The SMILES string of the molecule is COc1c(Nc2cc(NC(=O)C3CC3)ncc2C(N)=O)cccc1-c1cnn(C2COC[C@H]2OC)c1. The van der Waals surface area contributed by atoms with Gasteiger partial charge in [-0.1, -0.05) is 12.1 Å². The molecule has 1 saturated heterocycles. The first-order valence-electron chi connectivity index (χ1n) is 11.7. The molecule has 1 saturated carbocycles. The van der Waals surface area contributed by atoms with E-state index in [1.807, 2.05) is 29.1 Å². The summed E-state index contributed by atoms with van der Waals surface area (Å²) < 4.78 is 18.7. The van der Waals surface area contributed by atoms with Gasteiger partial charge in [-0.25, -0.2) is 4.98 Å². The molecule has 0 spiro atoms. The lowest BCUT2D eigenvalue weighted by atomic mass is 10.1. The first-order chi connectivity index (χ1) is 17.5. The molecule has 1 aliphatic carbocycles. The van der Waals surface area contributed by atoms with Crippen molar-refractivity contribution < 1.29 is 23.8 Å². The minimum atomic E-state index is -0.645. The third-order valence-corrected chi connectivity index (χ3v) is 6.41. The van der Waals surface area contributed by atoms with Crippen LogP contribution in [0.2, 0.25) is 0 Å². The van der Waals surface area contributed by atoms with E-state index in [9.17, 15) is 9.59 Å². The molecule has 11 heteroatoms. The van der Waals surface area contributed by atoms with Gasteiger partial charge >= 0.3 is 0 Å². The number of hydrogen-bond acceptors (Lipinski definition) is 8. The number of para-hydroxylation sites is 1. The van der Waals surface area contributed by atoms with Crippen LogP contribution in [0.1, 0.15) is 29.2 Å². The Morgan fingerprint density at radius 3 is 2.72 bits per heavy atom. The fourth-order valence-corrected chi connectivity index (χ4v) is 4.28. The lowest BCUT2D eigenvalue weighted by Crippen LogP contribution is -2.24. The number of nitrogens with one attached hydrogen (secondary N) is 2. The molecular weight excluding hydrogens is 464 g/mol. The van der Waals surface area contributed by atoms with Crippen molar-refractivity contribution in [2.75, 3.05) is 38.1 Å². The molecule has 0 radical (unpaired) electrons. The Labute approximate surface area is 207 Å². The second-order valence-electron chi connectivity index (χ2n) is 8.84. The quantitative estimate of drug-likeness (QED) is 0.414. The number of benzene rings is 1. The van der Waals surface area contributed by atoms with Crippen molar-refractivity contribution in [2.24, 2.45) is 11.7 Å². The Bertz CT molecular complexity index is 1290. The molecule has 36 heavy (non-hydrogen) atoms. The van der Waals surface area contributed by atoms with E-state index < -0.39 is 5.91 Å². The van der Waals surface area contributed by atoms with Crippen LogP contribution in [-0.4, -0.2) is 60.1 Å². The van der Waals surface area contributed by atoms with Crippen LogP contribution < -0.4 is 21.1 Å². The van der Waals surface area contributed by atoms with Crippen LogP contribution in [-0.2, 0) is 14.3 Å². The van der Waals surface area contributed by atoms with E-state index in [0.717, 1.165) is 24.0 Å². The lowest BCUT2D eigenvalue weighted by molar-refractivity contribution is -0.117. The van der Waals surface area contributed by atoms with Gasteiger partial charge in [0.2, 0.25) is 5.91 Å². The molecule has 5 rings (SSSR count). The number of nitrogens with zero attached hydrogens (tertiary/aromatic N) is 3. The molecule has 3 heterocycles. The highest BCUT2D eigenvalue weighted by Crippen LogP contribution is 2.39. The zero-order valence-corrected chi connectivity index (χ0v) is 20.1. The average Bonchev–Trinajstić information content (AvgIpc) is 3.42. The molecule has 4 N–H and O–H groups in total. The van der Waals surface area contributed by atoms with Crippen molar-refractivity contribution >= 4 is 29.0 Å². The molecule has 3 aromatic rings. The number of rotatable bonds is 9. The van der Waals surface area contributed by atoms with Gasteiger partial charge < -0.3 is 30.6 Å². The fourth-order valence-electron chi connectivity index (χ4n) is 4.28. The van der Waals surface area contributed by atoms with Crippen LogP contribution in [0.25, 0.3) is 11.1 Å². The number of ether oxygens (including phenoxy) is 3. The van der Waals surface area contributed by atoms with Crippen molar-refractivity contribution in [3.8, 4) is 16.9 Å². The smallest absolute Gasteiger partial charge is 0.252 e. The highest BCUT2D eigenvalue weighted by Gasteiger charge is 2.31. The van der Waals surface area contributed by atoms with Crippen molar-refractivity contribution in [3.63, 3.8) is 0 Å². The molecule has 1 aromatic carbocycles. The Morgan fingerprint density at radius 1 is 1.17 bits per heavy atom. The fraction of sp³-hybridized carbons (Fsp3) is 0.360. The largest absolute Gasteiger partial charge is 0.494 e. The highest BCUT2D eigenvalue weighted by atomic mass is 16.5. The first-order valence-corrected chi connectivity index (χ1v) is 11.7. The van der Waals surface area contributed by atoms with Crippen LogP contribution >= 0.6 is 0 Å². The monoisotopic (exact) mass is 492 g/mol. The predicted molar refractivity (Wildman–Crippen MR) is 132 cm³/mol. The first kappa shape index (κ1) is 23.8. The van der Waals surface area contributed by atoms with E-state index in [4.69, 9.17) is 19.9 Å². The second kappa shape index (κ2) is 9.96. The van der Waals surface area contributed by atoms with Gasteiger partial charge in [0.15, 0.2) is 0 Å². The molecule has 188 valence electrons. The van der Waals surface area contributed by atoms with Gasteiger partial charge in [-0.3, -0.25) is 14.3 Å². The summed E-state index contributed by atoms with van der Waals surface area (Å²) in [5, 5.41) is 10.6. The lowest BCUT2D eigenvalue weighted by Gasteiger charge is -2.17. The maximum absolute atomic E-state index is 12.2. The number of amides is 2. The number of aromatic nitrogens is 3. The van der Waals surface area contributed by atoms with E-state index >= 15 is 0 Å². The number of carbonyl (C=O) groups excluding carboxylic acids is 2. The van der Waals surface area contributed by atoms with Gasteiger partial charge in [0.1, 0.15) is 23.7 Å². The minimum Gasteiger partial charge on any atom is -0.494 e. The Hall–Kier alpha value is -3.96. The molecule has 2 aromatic heterocycles. The van der Waals surface area contributed by atoms with Crippen molar-refractivity contribution in [3.05, 3.63) is 48.4 Å². The number of pyridine rings is 1. The zero-order chi connectivity index (χ0) is 25.2.